The van der Waals surface area contributed by atoms with Gasteiger partial charge in [0.05, 0.1) is 11.4 Å². The number of hydrogen-bond donors (Lipinski definition) is 2. The van der Waals surface area contributed by atoms with Gasteiger partial charge in [-0.15, -0.1) is 0 Å². The van der Waals surface area contributed by atoms with E-state index in [0.717, 1.165) is 0 Å². The van der Waals surface area contributed by atoms with Crippen molar-refractivity contribution >= 4 is 52.8 Å². The van der Waals surface area contributed by atoms with Gasteiger partial charge in [-0.1, -0.05) is 12.1 Å². The maximum atomic E-state index is 14.2. The fraction of sp³-hybridized carbons (Fsp3) is 0.636. The monoisotopic (exact) mass is 1030 g/mol. The maximum absolute atomic E-state index is 14.2. The van der Waals surface area contributed by atoms with Crippen LogP contribution < -0.4 is 10.6 Å². The Morgan fingerprint density at radius 2 is 0.525 bits per heavy atom. The van der Waals surface area contributed by atoms with Crippen molar-refractivity contribution in [2.45, 2.75) is 83.4 Å². The van der Waals surface area contributed by atoms with Crippen molar-refractivity contribution < 1.29 is 150 Å². The number of hydrogen-bond acceptors (Lipinski definition) is 4. The van der Waals surface area contributed by atoms with Gasteiger partial charge < -0.3 is 10.6 Å². The van der Waals surface area contributed by atoms with Crippen LogP contribution in [0.5, 0.6) is 0 Å². The van der Waals surface area contributed by atoms with Crippen LogP contribution in [0.25, 0.3) is 0 Å². The number of benzene rings is 1. The van der Waals surface area contributed by atoms with Gasteiger partial charge in [0, 0.05) is 21.4 Å². The quantitative estimate of drug-likeness (QED) is 0.143. The van der Waals surface area contributed by atoms with Gasteiger partial charge in [-0.25, -0.2) is 0 Å². The lowest BCUT2D eigenvalue weighted by Crippen LogP contribution is -2.73. The van der Waals surface area contributed by atoms with Crippen molar-refractivity contribution in [2.24, 2.45) is 0 Å². The number of carbonyl (C=O) groups is 2. The highest BCUT2D eigenvalue weighted by Gasteiger charge is 2.95. The molecule has 6 nitrogen and oxygen atoms in total. The molecular formula is C22H6Cl2F30N2O4S. The molecule has 1 rings (SSSR count). The minimum atomic E-state index is -8.96. The number of carbonyl (C=O) groups excluding carboxylic acids is 2. The standard InChI is InChI=1S/C22H6F30N2O2.Cl2O2S/c23-9(24,11(27,28)13(31,32)15(35,36)17(39,40)19(43,44)21(47,48)49)7(55)53-5-3-1-2-4-6(5)54-8(56)10(25,26)12(29,30)14(33,34)16(37,38)18(41,42)20(45,46)22(50,51)52;1-5(2,3)4/h1-4H,(H,53,55)(H,54,56);. The zero-order valence-corrected chi connectivity index (χ0v) is 28.8. The summed E-state index contributed by atoms with van der Waals surface area (Å²) >= 11 is 0. The second-order valence-electron chi connectivity index (χ2n) is 10.7. The predicted molar refractivity (Wildman–Crippen MR) is 136 cm³/mol. The molecule has 0 aliphatic heterocycles. The smallest absolute Gasteiger partial charge is 0.319 e. The average molecular weight is 1040 g/mol. The van der Waals surface area contributed by atoms with Gasteiger partial charge in [-0.3, -0.25) is 9.59 Å². The van der Waals surface area contributed by atoms with E-state index in [-0.39, 0.29) is 34.9 Å². The molecular weight excluding hydrogens is 1030 g/mol. The maximum Gasteiger partial charge on any atom is 0.460 e. The third-order valence-electron chi connectivity index (χ3n) is 6.65. The molecule has 0 saturated carbocycles. The molecule has 0 fully saturated rings. The first kappa shape index (κ1) is 57.6. The Morgan fingerprint density at radius 3 is 0.705 bits per heavy atom. The zero-order chi connectivity index (χ0) is 50.1. The Hall–Kier alpha value is -3.41. The summed E-state index contributed by atoms with van der Waals surface area (Å²) in [5.41, 5.74) is -4.62. The first-order valence-corrected chi connectivity index (χ1v) is 16.2. The van der Waals surface area contributed by atoms with E-state index in [2.05, 4.69) is 21.4 Å². The molecule has 1 aromatic rings. The molecule has 0 heterocycles. The molecule has 1 aromatic carbocycles. The summed E-state index contributed by atoms with van der Waals surface area (Å²) in [6.07, 6.45) is -16.1. The molecule has 39 heteroatoms. The fourth-order valence-corrected chi connectivity index (χ4v) is 3.32. The van der Waals surface area contributed by atoms with Gasteiger partial charge >= 0.3 is 104 Å². The summed E-state index contributed by atoms with van der Waals surface area (Å²) in [4.78, 5) is 23.5. The van der Waals surface area contributed by atoms with E-state index in [1.807, 2.05) is 0 Å². The number of nitrogens with one attached hydrogen (secondary N) is 2. The molecule has 0 spiro atoms. The van der Waals surface area contributed by atoms with Crippen LogP contribution in [-0.2, 0) is 17.9 Å². The summed E-state index contributed by atoms with van der Waals surface area (Å²) in [5, 5.41) is 0.0145. The summed E-state index contributed by atoms with van der Waals surface area (Å²) in [7, 11) is 4.81. The molecule has 2 N–H and O–H groups in total. The summed E-state index contributed by atoms with van der Waals surface area (Å²) in [5.74, 6) is -112. The van der Waals surface area contributed by atoms with Gasteiger partial charge in [0.25, 0.3) is 0 Å². The first-order chi connectivity index (χ1) is 26.0. The number of rotatable bonds is 14. The third-order valence-corrected chi connectivity index (χ3v) is 6.65. The van der Waals surface area contributed by atoms with Crippen molar-refractivity contribution in [2.75, 3.05) is 10.6 Å². The predicted octanol–water partition coefficient (Wildman–Crippen LogP) is 11.0. The molecule has 0 bridgehead atoms. The number of amides is 2. The first-order valence-electron chi connectivity index (χ1n) is 13.0. The van der Waals surface area contributed by atoms with Gasteiger partial charge in [-0.2, -0.15) is 140 Å². The van der Waals surface area contributed by atoms with Gasteiger partial charge in [-0.05, 0) is 12.1 Å². The molecule has 0 radical (unpaired) electrons. The van der Waals surface area contributed by atoms with Crippen LogP contribution in [0.4, 0.5) is 143 Å². The second-order valence-corrected chi connectivity index (χ2v) is 14.4. The molecule has 0 saturated heterocycles. The molecule has 2 amide bonds. The molecule has 0 aromatic heterocycles. The van der Waals surface area contributed by atoms with E-state index in [1.54, 1.807) is 0 Å². The van der Waals surface area contributed by atoms with E-state index >= 15 is 0 Å². The zero-order valence-electron chi connectivity index (χ0n) is 26.4. The van der Waals surface area contributed by atoms with E-state index in [9.17, 15) is 141 Å². The van der Waals surface area contributed by atoms with E-state index < -0.39 is 115 Å². The van der Waals surface area contributed by atoms with Crippen LogP contribution in [0.15, 0.2) is 24.3 Å². The van der Waals surface area contributed by atoms with E-state index in [1.165, 1.54) is 0 Å². The molecule has 358 valence electrons. The van der Waals surface area contributed by atoms with Gasteiger partial charge in [0.1, 0.15) is 0 Å². The minimum absolute atomic E-state index is 0.00724. The van der Waals surface area contributed by atoms with Crippen molar-refractivity contribution in [3.05, 3.63) is 24.3 Å². The minimum Gasteiger partial charge on any atom is -0.319 e. The molecule has 0 aliphatic rings. The highest BCUT2D eigenvalue weighted by atomic mass is 36.0. The Balaban J connectivity index is 0.00000676. The van der Waals surface area contributed by atoms with Gasteiger partial charge in [0.15, 0.2) is 0 Å². The van der Waals surface area contributed by atoms with Crippen molar-refractivity contribution in [1.82, 2.24) is 0 Å². The lowest BCUT2D eigenvalue weighted by atomic mass is 9.90. The van der Waals surface area contributed by atoms with Crippen molar-refractivity contribution in [3.63, 3.8) is 0 Å². The van der Waals surface area contributed by atoms with Crippen LogP contribution >= 0.6 is 21.4 Å². The fourth-order valence-electron chi connectivity index (χ4n) is 3.32. The van der Waals surface area contributed by atoms with Crippen LogP contribution in [0.2, 0.25) is 0 Å². The summed E-state index contributed by atoms with van der Waals surface area (Å²) < 4.78 is 419. The Kier molecular flexibility index (Phi) is 15.1. The van der Waals surface area contributed by atoms with E-state index in [4.69, 9.17) is 8.42 Å². The number of para-hydroxylation sites is 2. The van der Waals surface area contributed by atoms with Gasteiger partial charge in [0.2, 0.25) is 0 Å². The molecule has 61 heavy (non-hydrogen) atoms. The van der Waals surface area contributed by atoms with Crippen molar-refractivity contribution in [1.29, 1.82) is 0 Å². The SMILES string of the molecule is O=C(Nc1ccccc1NC(=O)C(F)(F)C(F)(F)C(F)(F)C(F)(F)C(F)(F)C(F)(F)C(F)(F)F)C(F)(F)C(F)(F)C(F)(F)C(F)(F)C(F)(F)C(F)(F)C(F)(F)F.O=S(=O)(Cl)Cl. The highest BCUT2D eigenvalue weighted by Crippen LogP contribution is 2.64. The largest absolute Gasteiger partial charge is 0.460 e. The van der Waals surface area contributed by atoms with Crippen LogP contribution in [0, 0.1) is 0 Å². The van der Waals surface area contributed by atoms with Crippen molar-refractivity contribution in [3.8, 4) is 0 Å². The normalized spacial score (nSPS) is 15.5. The molecule has 0 atom stereocenters. The summed E-state index contributed by atoms with van der Waals surface area (Å²) in [6.45, 7) is 0. The molecule has 0 aliphatic carbocycles. The number of alkyl halides is 30. The lowest BCUT2D eigenvalue weighted by Gasteiger charge is -2.41. The summed E-state index contributed by atoms with van der Waals surface area (Å²) in [6, 6.07) is -0.417. The topological polar surface area (TPSA) is 92.3 Å². The second kappa shape index (κ2) is 16.0. The van der Waals surface area contributed by atoms with Crippen LogP contribution in [0.3, 0.4) is 0 Å². The van der Waals surface area contributed by atoms with E-state index in [0.29, 0.717) is 0 Å². The van der Waals surface area contributed by atoms with Crippen LogP contribution in [0.1, 0.15) is 0 Å². The lowest BCUT2D eigenvalue weighted by molar-refractivity contribution is -0.449. The Bertz CT molecular complexity index is 1770. The number of halogens is 32. The van der Waals surface area contributed by atoms with Crippen LogP contribution in [-0.4, -0.2) is 104 Å². The Morgan fingerprint density at radius 1 is 0.361 bits per heavy atom. The Labute approximate surface area is 321 Å². The highest BCUT2D eigenvalue weighted by molar-refractivity contribution is 8.31. The molecule has 0 unspecified atom stereocenters. The average Bonchev–Trinajstić information content (AvgIpc) is 3.02. The number of anilines is 2. The third kappa shape index (κ3) is 9.17.